The Hall–Kier alpha value is -0.850. The van der Waals surface area contributed by atoms with Crippen molar-refractivity contribution in [2.24, 2.45) is 11.7 Å². The second kappa shape index (κ2) is 8.70. The van der Waals surface area contributed by atoms with E-state index in [1.807, 2.05) is 4.90 Å². The second-order valence-electron chi connectivity index (χ2n) is 6.38. The first kappa shape index (κ1) is 19.2. The molecule has 2 amide bonds. The minimum Gasteiger partial charge on any atom is -0.339 e. The van der Waals surface area contributed by atoms with Crippen molar-refractivity contribution in [3.05, 3.63) is 0 Å². The van der Waals surface area contributed by atoms with Gasteiger partial charge in [-0.1, -0.05) is 0 Å². The fraction of sp³-hybridized carbons (Fsp3) is 0.867. The molecule has 2 aliphatic heterocycles. The quantitative estimate of drug-likeness (QED) is 0.799. The van der Waals surface area contributed by atoms with E-state index < -0.39 is 0 Å². The zero-order valence-corrected chi connectivity index (χ0v) is 14.5. The minimum atomic E-state index is 0. The number of likely N-dealkylation sites (tertiary alicyclic amines) is 1. The van der Waals surface area contributed by atoms with Gasteiger partial charge in [-0.3, -0.25) is 14.5 Å². The molecule has 0 aromatic heterocycles. The fourth-order valence-electron chi connectivity index (χ4n) is 3.23. The summed E-state index contributed by atoms with van der Waals surface area (Å²) >= 11 is 0. The molecule has 0 saturated carbocycles. The van der Waals surface area contributed by atoms with E-state index >= 15 is 0 Å². The van der Waals surface area contributed by atoms with Crippen LogP contribution in [0.4, 0.5) is 0 Å². The Morgan fingerprint density at radius 3 is 2.27 bits per heavy atom. The third kappa shape index (κ3) is 5.11. The monoisotopic (exact) mass is 332 g/mol. The van der Waals surface area contributed by atoms with Crippen LogP contribution in [0, 0.1) is 5.92 Å². The van der Waals surface area contributed by atoms with Gasteiger partial charge in [0.05, 0.1) is 6.54 Å². The molecule has 0 aromatic carbocycles. The summed E-state index contributed by atoms with van der Waals surface area (Å²) < 4.78 is 0. The molecular formula is C15H29ClN4O2. The molecule has 6 nitrogen and oxygen atoms in total. The lowest BCUT2D eigenvalue weighted by Gasteiger charge is -2.37. The molecule has 2 rings (SSSR count). The van der Waals surface area contributed by atoms with Gasteiger partial charge < -0.3 is 15.5 Å². The normalized spacial score (nSPS) is 24.6. The van der Waals surface area contributed by atoms with Crippen molar-refractivity contribution in [1.82, 2.24) is 14.7 Å². The molecule has 128 valence electrons. The number of hydrogen-bond donors (Lipinski definition) is 1. The molecule has 2 heterocycles. The number of carbonyl (C=O) groups is 2. The molecule has 2 fully saturated rings. The molecule has 7 heteroatoms. The fourth-order valence-corrected chi connectivity index (χ4v) is 3.23. The number of halogens is 1. The van der Waals surface area contributed by atoms with Crippen molar-refractivity contribution >= 4 is 24.2 Å². The van der Waals surface area contributed by atoms with Crippen molar-refractivity contribution < 1.29 is 9.59 Å². The van der Waals surface area contributed by atoms with E-state index in [1.54, 1.807) is 11.8 Å². The lowest BCUT2D eigenvalue weighted by Crippen LogP contribution is -2.53. The van der Waals surface area contributed by atoms with Crippen LogP contribution in [0.5, 0.6) is 0 Å². The van der Waals surface area contributed by atoms with Gasteiger partial charge in [0.1, 0.15) is 0 Å². The van der Waals surface area contributed by atoms with Crippen LogP contribution in [0.3, 0.4) is 0 Å². The van der Waals surface area contributed by atoms with Gasteiger partial charge in [-0.25, -0.2) is 0 Å². The van der Waals surface area contributed by atoms with Crippen molar-refractivity contribution in [3.63, 3.8) is 0 Å². The molecule has 2 atom stereocenters. The van der Waals surface area contributed by atoms with Crippen LogP contribution in [-0.2, 0) is 9.59 Å². The average Bonchev–Trinajstić information content (AvgIpc) is 2.47. The largest absolute Gasteiger partial charge is 0.339 e. The molecule has 2 unspecified atom stereocenters. The molecular weight excluding hydrogens is 304 g/mol. The molecule has 22 heavy (non-hydrogen) atoms. The minimum absolute atomic E-state index is 0. The first-order chi connectivity index (χ1) is 9.97. The zero-order valence-electron chi connectivity index (χ0n) is 13.7. The summed E-state index contributed by atoms with van der Waals surface area (Å²) in [6.45, 7) is 8.66. The van der Waals surface area contributed by atoms with Gasteiger partial charge in [0.2, 0.25) is 11.8 Å². The molecule has 2 N–H and O–H groups in total. The van der Waals surface area contributed by atoms with Crippen molar-refractivity contribution in [1.29, 1.82) is 0 Å². The summed E-state index contributed by atoms with van der Waals surface area (Å²) in [5, 5.41) is 0. The number of rotatable bonds is 3. The van der Waals surface area contributed by atoms with Gasteiger partial charge in [0.15, 0.2) is 0 Å². The summed E-state index contributed by atoms with van der Waals surface area (Å²) in [4.78, 5) is 29.6. The maximum atomic E-state index is 12.4. The Labute approximate surface area is 139 Å². The highest BCUT2D eigenvalue weighted by Crippen LogP contribution is 2.18. The number of nitrogens with two attached hydrogens (primary N) is 1. The predicted molar refractivity (Wildman–Crippen MR) is 88.9 cm³/mol. The molecule has 0 radical (unpaired) electrons. The van der Waals surface area contributed by atoms with Gasteiger partial charge in [-0.05, 0) is 32.2 Å². The summed E-state index contributed by atoms with van der Waals surface area (Å²) in [6.07, 6.45) is 2.29. The topological polar surface area (TPSA) is 69.9 Å². The molecule has 2 saturated heterocycles. The summed E-state index contributed by atoms with van der Waals surface area (Å²) in [6, 6.07) is 0.196. The van der Waals surface area contributed by atoms with E-state index in [0.29, 0.717) is 38.6 Å². The SMILES string of the molecule is CC(=O)N1CCN(C(=O)CN2CCCC(C(C)N)C2)CC1.Cl. The van der Waals surface area contributed by atoms with Crippen LogP contribution < -0.4 is 5.73 Å². The van der Waals surface area contributed by atoms with Crippen LogP contribution >= 0.6 is 12.4 Å². The van der Waals surface area contributed by atoms with Crippen LogP contribution in [0.25, 0.3) is 0 Å². The number of piperidine rings is 1. The van der Waals surface area contributed by atoms with Crippen LogP contribution in [0.1, 0.15) is 26.7 Å². The molecule has 0 aliphatic carbocycles. The Bertz CT molecular complexity index is 384. The van der Waals surface area contributed by atoms with Gasteiger partial charge in [0, 0.05) is 45.7 Å². The van der Waals surface area contributed by atoms with Crippen molar-refractivity contribution in [3.8, 4) is 0 Å². The third-order valence-corrected chi connectivity index (χ3v) is 4.72. The van der Waals surface area contributed by atoms with E-state index in [1.165, 1.54) is 6.42 Å². The number of amides is 2. The highest BCUT2D eigenvalue weighted by Gasteiger charge is 2.27. The second-order valence-corrected chi connectivity index (χ2v) is 6.38. The lowest BCUT2D eigenvalue weighted by molar-refractivity contribution is -0.139. The first-order valence-electron chi connectivity index (χ1n) is 7.98. The van der Waals surface area contributed by atoms with Crippen LogP contribution in [-0.4, -0.2) is 78.4 Å². The predicted octanol–water partition coefficient (Wildman–Crippen LogP) is 0.158. The van der Waals surface area contributed by atoms with E-state index in [2.05, 4.69) is 11.8 Å². The van der Waals surface area contributed by atoms with Gasteiger partial charge in [-0.2, -0.15) is 0 Å². The number of carbonyl (C=O) groups excluding carboxylic acids is 2. The van der Waals surface area contributed by atoms with Gasteiger partial charge in [-0.15, -0.1) is 12.4 Å². The Morgan fingerprint density at radius 2 is 1.73 bits per heavy atom. The van der Waals surface area contributed by atoms with E-state index in [9.17, 15) is 9.59 Å². The summed E-state index contributed by atoms with van der Waals surface area (Å²) in [5.74, 6) is 0.780. The van der Waals surface area contributed by atoms with Crippen molar-refractivity contribution in [2.75, 3.05) is 45.8 Å². The number of piperazine rings is 1. The third-order valence-electron chi connectivity index (χ3n) is 4.72. The maximum absolute atomic E-state index is 12.4. The number of hydrogen-bond acceptors (Lipinski definition) is 4. The Balaban J connectivity index is 0.00000242. The van der Waals surface area contributed by atoms with Crippen LogP contribution in [0.15, 0.2) is 0 Å². The Morgan fingerprint density at radius 1 is 1.14 bits per heavy atom. The smallest absolute Gasteiger partial charge is 0.236 e. The zero-order chi connectivity index (χ0) is 15.4. The van der Waals surface area contributed by atoms with E-state index in [-0.39, 0.29) is 30.3 Å². The van der Waals surface area contributed by atoms with E-state index in [0.717, 1.165) is 19.5 Å². The molecule has 2 aliphatic rings. The molecule has 0 aromatic rings. The Kier molecular flexibility index (Phi) is 7.59. The summed E-state index contributed by atoms with van der Waals surface area (Å²) in [7, 11) is 0. The van der Waals surface area contributed by atoms with Crippen LogP contribution in [0.2, 0.25) is 0 Å². The standard InChI is InChI=1S/C15H28N4O2.ClH/c1-12(16)14-4-3-5-17(10-14)11-15(21)19-8-6-18(7-9-19)13(2)20;/h12,14H,3-11,16H2,1-2H3;1H. The average molecular weight is 333 g/mol. The first-order valence-corrected chi connectivity index (χ1v) is 7.98. The van der Waals surface area contributed by atoms with Gasteiger partial charge in [0.25, 0.3) is 0 Å². The highest BCUT2D eigenvalue weighted by atomic mass is 35.5. The number of nitrogens with zero attached hydrogens (tertiary/aromatic N) is 3. The molecule has 0 bridgehead atoms. The highest BCUT2D eigenvalue weighted by molar-refractivity contribution is 5.85. The maximum Gasteiger partial charge on any atom is 0.236 e. The van der Waals surface area contributed by atoms with E-state index in [4.69, 9.17) is 5.73 Å². The van der Waals surface area contributed by atoms with Gasteiger partial charge >= 0.3 is 0 Å². The molecule has 0 spiro atoms. The van der Waals surface area contributed by atoms with Crippen molar-refractivity contribution in [2.45, 2.75) is 32.7 Å². The summed E-state index contributed by atoms with van der Waals surface area (Å²) in [5.41, 5.74) is 5.99. The lowest BCUT2D eigenvalue weighted by atomic mass is 9.92.